The van der Waals surface area contributed by atoms with Gasteiger partial charge in [-0.3, -0.25) is 14.5 Å². The highest BCUT2D eigenvalue weighted by Gasteiger charge is 2.19. The summed E-state index contributed by atoms with van der Waals surface area (Å²) in [6, 6.07) is 11.0. The lowest BCUT2D eigenvalue weighted by molar-refractivity contribution is -0.459. The number of anilines is 1. The number of hydrogen-bond donors (Lipinski definition) is 2. The normalized spacial score (nSPS) is 11.3. The predicted molar refractivity (Wildman–Crippen MR) is 117 cm³/mol. The van der Waals surface area contributed by atoms with Crippen LogP contribution >= 0.6 is 11.3 Å². The van der Waals surface area contributed by atoms with Crippen molar-refractivity contribution in [3.63, 3.8) is 0 Å². The van der Waals surface area contributed by atoms with Gasteiger partial charge in [-0.25, -0.2) is 14.8 Å². The molecule has 0 spiro atoms. The number of esters is 1. The van der Waals surface area contributed by atoms with Gasteiger partial charge in [0, 0.05) is 4.88 Å². The molecular formula is C21H23N4O3S+. The summed E-state index contributed by atoms with van der Waals surface area (Å²) in [4.78, 5) is 25.9. The fourth-order valence-electron chi connectivity index (χ4n) is 2.68. The number of aromatic nitrogens is 2. The fraction of sp³-hybridized carbons (Fsp3) is 0.190. The van der Waals surface area contributed by atoms with Crippen LogP contribution in [0, 0.1) is 0 Å². The molecule has 2 aromatic heterocycles. The molecule has 2 heterocycles. The molecule has 1 aromatic carbocycles. The zero-order valence-electron chi connectivity index (χ0n) is 16.6. The van der Waals surface area contributed by atoms with Crippen molar-refractivity contribution in [2.45, 2.75) is 6.92 Å². The van der Waals surface area contributed by atoms with E-state index in [1.165, 1.54) is 16.0 Å². The number of thiophene rings is 1. The first kappa shape index (κ1) is 20.3. The summed E-state index contributed by atoms with van der Waals surface area (Å²) in [6.45, 7) is 6.00. The van der Waals surface area contributed by atoms with Gasteiger partial charge in [0.25, 0.3) is 5.56 Å². The van der Waals surface area contributed by atoms with Crippen LogP contribution in [0.4, 0.5) is 5.00 Å². The molecule has 0 bridgehead atoms. The SMILES string of the molecule is C=c1[nH]n(-c2ccccc2)c(=O)/c1=C\c1cc(C(=O)OCC)c(NC=[N+](C)C)s1. The largest absolute Gasteiger partial charge is 0.462 e. The lowest BCUT2D eigenvalue weighted by Gasteiger charge is -1.99. The zero-order valence-corrected chi connectivity index (χ0v) is 17.4. The van der Waals surface area contributed by atoms with Crippen LogP contribution in [0.5, 0.6) is 0 Å². The van der Waals surface area contributed by atoms with Crippen LogP contribution in [0.2, 0.25) is 0 Å². The van der Waals surface area contributed by atoms with Crippen molar-refractivity contribution in [1.82, 2.24) is 9.78 Å². The Balaban J connectivity index is 2.09. The molecule has 0 aliphatic rings. The first-order chi connectivity index (χ1) is 13.9. The maximum absolute atomic E-state index is 12.9. The highest BCUT2D eigenvalue weighted by Crippen LogP contribution is 2.29. The van der Waals surface area contributed by atoms with E-state index < -0.39 is 5.97 Å². The fourth-order valence-corrected chi connectivity index (χ4v) is 3.64. The molecule has 2 N–H and O–H groups in total. The molecule has 3 aromatic rings. The van der Waals surface area contributed by atoms with Crippen LogP contribution < -0.4 is 21.4 Å². The number of nitrogens with zero attached hydrogens (tertiary/aromatic N) is 2. The predicted octanol–water partition coefficient (Wildman–Crippen LogP) is 1.36. The van der Waals surface area contributed by atoms with Crippen LogP contribution in [-0.4, -0.2) is 47.4 Å². The molecule has 0 saturated heterocycles. The van der Waals surface area contributed by atoms with E-state index in [9.17, 15) is 9.59 Å². The Morgan fingerprint density at radius 3 is 2.72 bits per heavy atom. The topological polar surface area (TPSA) is 79.1 Å². The molecule has 0 atom stereocenters. The smallest absolute Gasteiger partial charge is 0.343 e. The number of aromatic amines is 1. The minimum absolute atomic E-state index is 0.207. The van der Waals surface area contributed by atoms with Gasteiger partial charge in [0.15, 0.2) is 5.00 Å². The van der Waals surface area contributed by atoms with Crippen molar-refractivity contribution in [3.8, 4) is 5.69 Å². The monoisotopic (exact) mass is 411 g/mol. The molecule has 0 radical (unpaired) electrons. The molecule has 0 aliphatic heterocycles. The molecule has 0 saturated carbocycles. The van der Waals surface area contributed by atoms with Crippen LogP contribution in [0.1, 0.15) is 22.2 Å². The molecule has 0 unspecified atom stereocenters. The van der Waals surface area contributed by atoms with Crippen molar-refractivity contribution < 1.29 is 14.1 Å². The average molecular weight is 412 g/mol. The Hall–Kier alpha value is -3.39. The molecule has 150 valence electrons. The summed E-state index contributed by atoms with van der Waals surface area (Å²) in [7, 11) is 3.75. The molecule has 0 aliphatic carbocycles. The van der Waals surface area contributed by atoms with Crippen LogP contribution in [0.15, 0.2) is 41.2 Å². The molecule has 7 nitrogen and oxygen atoms in total. The number of hydrogen-bond acceptors (Lipinski definition) is 4. The van der Waals surface area contributed by atoms with Gasteiger partial charge < -0.3 is 4.74 Å². The number of H-pyrrole nitrogens is 1. The van der Waals surface area contributed by atoms with Gasteiger partial charge in [-0.05, 0) is 31.2 Å². The number of carbonyl (C=O) groups excluding carboxylic acids is 1. The van der Waals surface area contributed by atoms with E-state index in [4.69, 9.17) is 4.74 Å². The molecular weight excluding hydrogens is 388 g/mol. The van der Waals surface area contributed by atoms with Crippen LogP contribution in [0.3, 0.4) is 0 Å². The third-order valence-corrected chi connectivity index (χ3v) is 5.02. The average Bonchev–Trinajstić information content (AvgIpc) is 3.23. The Morgan fingerprint density at radius 2 is 2.07 bits per heavy atom. The number of benzene rings is 1. The van der Waals surface area contributed by atoms with Gasteiger partial charge in [0.2, 0.25) is 6.34 Å². The summed E-state index contributed by atoms with van der Waals surface area (Å²) in [6.07, 6.45) is 3.47. The van der Waals surface area contributed by atoms with E-state index in [0.717, 1.165) is 10.6 Å². The minimum Gasteiger partial charge on any atom is -0.462 e. The maximum atomic E-state index is 12.9. The molecule has 0 fully saturated rings. The van der Waals surface area contributed by atoms with Gasteiger partial charge in [-0.1, -0.05) is 36.1 Å². The maximum Gasteiger partial charge on any atom is 0.343 e. The Labute approximate surface area is 171 Å². The summed E-state index contributed by atoms with van der Waals surface area (Å²) in [5.74, 6) is -0.413. The summed E-state index contributed by atoms with van der Waals surface area (Å²) < 4.78 is 8.43. The molecule has 3 rings (SSSR count). The number of ether oxygens (including phenoxy) is 1. The lowest BCUT2D eigenvalue weighted by atomic mass is 10.2. The van der Waals surface area contributed by atoms with E-state index in [1.807, 2.05) is 49.0 Å². The second-order valence-electron chi connectivity index (χ2n) is 6.47. The van der Waals surface area contributed by atoms with E-state index in [0.29, 0.717) is 21.1 Å². The summed E-state index contributed by atoms with van der Waals surface area (Å²) in [5, 5.41) is 7.69. The van der Waals surface area contributed by atoms with Gasteiger partial charge >= 0.3 is 5.97 Å². The summed E-state index contributed by atoms with van der Waals surface area (Å²) in [5.41, 5.74) is 0.941. The van der Waals surface area contributed by atoms with E-state index in [-0.39, 0.29) is 12.2 Å². The van der Waals surface area contributed by atoms with Gasteiger partial charge in [-0.2, -0.15) is 0 Å². The van der Waals surface area contributed by atoms with Crippen molar-refractivity contribution in [2.24, 2.45) is 0 Å². The number of nitrogens with one attached hydrogen (secondary N) is 2. The Kier molecular flexibility index (Phi) is 6.13. The van der Waals surface area contributed by atoms with E-state index in [2.05, 4.69) is 17.0 Å². The van der Waals surface area contributed by atoms with Gasteiger partial charge in [-0.15, -0.1) is 0 Å². The standard InChI is InChI=1S/C21H22N4O3S/c1-5-28-21(27)18-12-16(29-19(18)22-13-24(3)4)11-17-14(2)23-25(20(17)26)15-9-7-6-8-10-15/h6-13,23H,2,5H2,1,3-4H3/p+1/b17-11-. The van der Waals surface area contributed by atoms with Gasteiger partial charge in [0.05, 0.1) is 37.0 Å². The zero-order chi connectivity index (χ0) is 21.0. The lowest BCUT2D eigenvalue weighted by Crippen LogP contribution is -2.33. The third-order valence-electron chi connectivity index (χ3n) is 4.01. The van der Waals surface area contributed by atoms with Crippen molar-refractivity contribution >= 4 is 41.3 Å². The van der Waals surface area contributed by atoms with E-state index >= 15 is 0 Å². The summed E-state index contributed by atoms with van der Waals surface area (Å²) >= 11 is 1.36. The first-order valence-electron chi connectivity index (χ1n) is 9.05. The molecule has 0 amide bonds. The quantitative estimate of drug-likeness (QED) is 0.278. The van der Waals surface area contributed by atoms with Crippen molar-refractivity contribution in [3.05, 3.63) is 67.8 Å². The van der Waals surface area contributed by atoms with Crippen LogP contribution in [0.25, 0.3) is 18.3 Å². The number of para-hydroxylation sites is 1. The highest BCUT2D eigenvalue weighted by atomic mass is 32.1. The second kappa shape index (κ2) is 8.74. The van der Waals surface area contributed by atoms with Crippen molar-refractivity contribution in [2.75, 3.05) is 26.0 Å². The highest BCUT2D eigenvalue weighted by molar-refractivity contribution is 7.17. The minimum atomic E-state index is -0.413. The van der Waals surface area contributed by atoms with E-state index in [1.54, 1.807) is 25.4 Å². The number of rotatable bonds is 6. The van der Waals surface area contributed by atoms with Crippen molar-refractivity contribution in [1.29, 1.82) is 0 Å². The first-order valence-corrected chi connectivity index (χ1v) is 9.86. The second-order valence-corrected chi connectivity index (χ2v) is 7.56. The Bertz CT molecular complexity index is 1220. The number of carbonyl (C=O) groups is 1. The molecule has 29 heavy (non-hydrogen) atoms. The molecule has 8 heteroatoms. The van der Waals surface area contributed by atoms with Gasteiger partial charge in [0.1, 0.15) is 5.56 Å². The van der Waals surface area contributed by atoms with Crippen LogP contribution in [-0.2, 0) is 4.74 Å². The third kappa shape index (κ3) is 4.55. The Morgan fingerprint density at radius 1 is 1.34 bits per heavy atom.